The Morgan fingerprint density at radius 2 is 2.04 bits per heavy atom. The minimum absolute atomic E-state index is 0.0514. The van der Waals surface area contributed by atoms with Crippen molar-refractivity contribution in [3.8, 4) is 11.5 Å². The number of nitrogens with zero attached hydrogens (tertiary/aromatic N) is 1. The molecule has 0 aliphatic heterocycles. The van der Waals surface area contributed by atoms with Gasteiger partial charge in [-0.2, -0.15) is 8.78 Å². The van der Waals surface area contributed by atoms with Crippen molar-refractivity contribution in [3.63, 3.8) is 0 Å². The van der Waals surface area contributed by atoms with Gasteiger partial charge in [0.05, 0.1) is 25.1 Å². The molecule has 5 nitrogen and oxygen atoms in total. The number of carbonyl (C=O) groups excluding carboxylic acids is 1. The second-order valence-electron chi connectivity index (χ2n) is 5.55. The summed E-state index contributed by atoms with van der Waals surface area (Å²) in [5.41, 5.74) is -0.341. The van der Waals surface area contributed by atoms with Gasteiger partial charge in [0.1, 0.15) is 0 Å². The fourth-order valence-corrected chi connectivity index (χ4v) is 2.48. The normalized spacial score (nSPS) is 14.7. The monoisotopic (exact) mass is 406 g/mol. The zero-order valence-corrected chi connectivity index (χ0v) is 14.7. The number of carbonyl (C=O) groups is 1. The van der Waals surface area contributed by atoms with Crippen LogP contribution in [0.5, 0.6) is 11.5 Å². The van der Waals surface area contributed by atoms with E-state index in [4.69, 9.17) is 30.7 Å². The van der Waals surface area contributed by atoms with Gasteiger partial charge >= 0.3 is 6.61 Å². The fraction of sp³-hybridized carbons (Fsp3) is 0.294. The molecule has 3 rings (SSSR count). The third-order valence-corrected chi connectivity index (χ3v) is 4.08. The molecule has 0 bridgehead atoms. The van der Waals surface area contributed by atoms with Gasteiger partial charge in [-0.1, -0.05) is 23.2 Å². The molecule has 1 fully saturated rings. The second-order valence-corrected chi connectivity index (χ2v) is 6.36. The van der Waals surface area contributed by atoms with Crippen LogP contribution in [-0.4, -0.2) is 24.1 Å². The third kappa shape index (κ3) is 4.74. The highest BCUT2D eigenvalue weighted by molar-refractivity contribution is 6.39. The Kier molecular flexibility index (Phi) is 4.98. The van der Waals surface area contributed by atoms with Crippen LogP contribution in [0.1, 0.15) is 25.9 Å². The predicted molar refractivity (Wildman–Crippen MR) is 93.5 cm³/mol. The van der Waals surface area contributed by atoms with E-state index in [2.05, 4.69) is 15.0 Å². The van der Waals surface area contributed by atoms with E-state index in [0.29, 0.717) is 0 Å². The van der Waals surface area contributed by atoms with Crippen LogP contribution in [0, 0.1) is 5.92 Å². The van der Waals surface area contributed by atoms with Crippen LogP contribution < -0.4 is 14.8 Å². The SMILES string of the molecule is [3H]c1cc(OC(F)F)c(OCC2CC2)c([3H])c1C(=O)Nc1c(Cl)cncc1Cl. The van der Waals surface area contributed by atoms with Gasteiger partial charge in [-0.25, -0.2) is 0 Å². The first-order valence-electron chi connectivity index (χ1n) is 8.60. The van der Waals surface area contributed by atoms with E-state index in [1.807, 2.05) is 0 Å². The largest absolute Gasteiger partial charge is 0.489 e. The maximum Gasteiger partial charge on any atom is 0.387 e. The number of hydrogen-bond acceptors (Lipinski definition) is 4. The molecule has 9 heteroatoms. The van der Waals surface area contributed by atoms with Gasteiger partial charge < -0.3 is 14.8 Å². The number of ether oxygens (including phenoxy) is 2. The minimum atomic E-state index is -3.17. The Balaban J connectivity index is 1.96. The molecule has 2 aromatic rings. The summed E-state index contributed by atoms with van der Waals surface area (Å²) in [6.07, 6.45) is 4.38. The molecular formula is C17H14Cl2F2N2O3. The van der Waals surface area contributed by atoms with E-state index in [1.54, 1.807) is 0 Å². The van der Waals surface area contributed by atoms with Gasteiger partial charge in [0.15, 0.2) is 11.5 Å². The lowest BCUT2D eigenvalue weighted by Gasteiger charge is -2.14. The Bertz CT molecular complexity index is 894. The highest BCUT2D eigenvalue weighted by Crippen LogP contribution is 2.35. The zero-order valence-electron chi connectivity index (χ0n) is 15.2. The molecule has 1 aliphatic carbocycles. The Morgan fingerprint density at radius 3 is 2.65 bits per heavy atom. The van der Waals surface area contributed by atoms with Gasteiger partial charge in [0.25, 0.3) is 5.91 Å². The smallest absolute Gasteiger partial charge is 0.387 e. The maximum atomic E-state index is 12.7. The topological polar surface area (TPSA) is 60.5 Å². The van der Waals surface area contributed by atoms with E-state index in [9.17, 15) is 13.6 Å². The quantitative estimate of drug-likeness (QED) is 0.700. The Morgan fingerprint density at radius 1 is 1.35 bits per heavy atom. The van der Waals surface area contributed by atoms with E-state index < -0.39 is 35.9 Å². The van der Waals surface area contributed by atoms with Crippen molar-refractivity contribution in [1.29, 1.82) is 0 Å². The third-order valence-electron chi connectivity index (χ3n) is 3.51. The molecule has 1 heterocycles. The number of rotatable bonds is 7. The van der Waals surface area contributed by atoms with Crippen LogP contribution in [-0.2, 0) is 0 Å². The lowest BCUT2D eigenvalue weighted by molar-refractivity contribution is -0.0515. The van der Waals surface area contributed by atoms with Crippen molar-refractivity contribution in [3.05, 3.63) is 46.2 Å². The molecule has 1 aliphatic rings. The van der Waals surface area contributed by atoms with Gasteiger partial charge in [0.2, 0.25) is 0 Å². The first-order chi connectivity index (χ1) is 13.3. The number of benzene rings is 1. The standard InChI is InChI=1S/C17H14Cl2F2N2O3/c18-11-6-22-7-12(19)15(11)23-16(24)10-3-4-13(26-17(20)21)14(5-10)25-8-9-1-2-9/h3-7,9,17H,1-2,8H2,(H,22,23,24)/i3T,5T. The summed E-state index contributed by atoms with van der Waals surface area (Å²) in [6.45, 7) is -2.97. The number of alkyl halides is 2. The fourth-order valence-electron chi connectivity index (χ4n) is 2.02. The van der Waals surface area contributed by atoms with Gasteiger partial charge in [0, 0.05) is 18.0 Å². The number of amides is 1. The Hall–Kier alpha value is -2.12. The molecule has 1 aromatic heterocycles. The van der Waals surface area contributed by atoms with Crippen LogP contribution in [0.4, 0.5) is 14.5 Å². The van der Waals surface area contributed by atoms with Crippen molar-refractivity contribution in [2.45, 2.75) is 19.5 Å². The Labute approximate surface area is 161 Å². The number of pyridine rings is 1. The summed E-state index contributed by atoms with van der Waals surface area (Å²) in [4.78, 5) is 16.4. The second kappa shape index (κ2) is 8.05. The molecule has 1 amide bonds. The lowest BCUT2D eigenvalue weighted by Crippen LogP contribution is -2.14. The average Bonchev–Trinajstić information content (AvgIpc) is 3.41. The first kappa shape index (κ1) is 16.1. The number of hydrogen-bond donors (Lipinski definition) is 1. The van der Waals surface area contributed by atoms with Crippen LogP contribution >= 0.6 is 23.2 Å². The average molecular weight is 407 g/mol. The summed E-state index contributed by atoms with van der Waals surface area (Å²) >= 11 is 11.9. The first-order valence-corrected chi connectivity index (χ1v) is 8.35. The molecule has 0 atom stereocenters. The molecule has 0 unspecified atom stereocenters. The molecule has 0 radical (unpaired) electrons. The highest BCUT2D eigenvalue weighted by atomic mass is 35.5. The van der Waals surface area contributed by atoms with Gasteiger partial charge in [-0.15, -0.1) is 0 Å². The van der Waals surface area contributed by atoms with Crippen LogP contribution in [0.3, 0.4) is 0 Å². The van der Waals surface area contributed by atoms with Crippen LogP contribution in [0.15, 0.2) is 30.5 Å². The van der Waals surface area contributed by atoms with E-state index >= 15 is 0 Å². The van der Waals surface area contributed by atoms with Gasteiger partial charge in [-0.3, -0.25) is 9.78 Å². The summed E-state index contributed by atoms with van der Waals surface area (Å²) < 4.78 is 51.4. The number of nitrogens with one attached hydrogen (secondary N) is 1. The summed E-state index contributed by atoms with van der Waals surface area (Å²) in [5, 5.41) is 2.53. The lowest BCUT2D eigenvalue weighted by atomic mass is 10.2. The molecule has 1 aromatic carbocycles. The van der Waals surface area contributed by atoms with Crippen LogP contribution in [0.25, 0.3) is 0 Å². The number of anilines is 1. The van der Waals surface area contributed by atoms with Crippen molar-refractivity contribution < 1.29 is 25.8 Å². The molecule has 0 spiro atoms. The van der Waals surface area contributed by atoms with E-state index in [-0.39, 0.29) is 34.0 Å². The molecule has 138 valence electrons. The molecule has 1 N–H and O–H groups in total. The van der Waals surface area contributed by atoms with E-state index in [0.717, 1.165) is 18.9 Å². The summed E-state index contributed by atoms with van der Waals surface area (Å²) in [6, 6.07) is -0.113. The van der Waals surface area contributed by atoms with Crippen molar-refractivity contribution in [2.24, 2.45) is 5.92 Å². The maximum absolute atomic E-state index is 12.7. The van der Waals surface area contributed by atoms with Crippen molar-refractivity contribution in [1.82, 2.24) is 4.98 Å². The van der Waals surface area contributed by atoms with Gasteiger partial charge in [-0.05, 0) is 36.9 Å². The molecule has 1 saturated carbocycles. The predicted octanol–water partition coefficient (Wildman–Crippen LogP) is 5.03. The zero-order chi connectivity index (χ0) is 20.4. The summed E-state index contributed by atoms with van der Waals surface area (Å²) in [7, 11) is 0. The molecular weight excluding hydrogens is 389 g/mol. The highest BCUT2D eigenvalue weighted by Gasteiger charge is 2.23. The number of aromatic nitrogens is 1. The molecule has 26 heavy (non-hydrogen) atoms. The minimum Gasteiger partial charge on any atom is -0.489 e. The molecule has 0 saturated heterocycles. The van der Waals surface area contributed by atoms with Crippen molar-refractivity contribution in [2.75, 3.05) is 11.9 Å². The van der Waals surface area contributed by atoms with E-state index in [1.165, 1.54) is 12.4 Å². The number of halogens is 4. The van der Waals surface area contributed by atoms with Crippen LogP contribution in [0.2, 0.25) is 10.0 Å². The van der Waals surface area contributed by atoms with Crippen molar-refractivity contribution >= 4 is 34.8 Å². The summed E-state index contributed by atoms with van der Waals surface area (Å²) in [5.74, 6) is -1.39.